The number of benzene rings is 1. The fourth-order valence-electron chi connectivity index (χ4n) is 1.56. The first-order valence-electron chi connectivity index (χ1n) is 5.70. The Balaban J connectivity index is 2.25. The van der Waals surface area contributed by atoms with Crippen LogP contribution in [0.25, 0.3) is 0 Å². The van der Waals surface area contributed by atoms with Gasteiger partial charge in [-0.05, 0) is 43.2 Å². The molecule has 2 rings (SSSR count). The molecule has 2 aromatic rings. The summed E-state index contributed by atoms with van der Waals surface area (Å²) in [6, 6.07) is 9.39. The van der Waals surface area contributed by atoms with E-state index in [0.29, 0.717) is 23.1 Å². The number of rotatable bonds is 3. The summed E-state index contributed by atoms with van der Waals surface area (Å²) in [5, 5.41) is 0.560. The van der Waals surface area contributed by atoms with Crippen LogP contribution in [0.2, 0.25) is 5.02 Å². The summed E-state index contributed by atoms with van der Waals surface area (Å²) in [6.45, 7) is 4.40. The maximum atomic E-state index is 5.95. The average molecular weight is 263 g/mol. The molecule has 0 radical (unpaired) electrons. The highest BCUT2D eigenvalue weighted by Gasteiger charge is 2.05. The number of ether oxygens (including phenoxy) is 1. The molecule has 1 aromatic carbocycles. The van der Waals surface area contributed by atoms with Crippen molar-refractivity contribution in [3.8, 4) is 11.6 Å². The molecule has 2 N–H and O–H groups in total. The lowest BCUT2D eigenvalue weighted by atomic mass is 10.1. The van der Waals surface area contributed by atoms with Gasteiger partial charge in [0.05, 0.1) is 10.7 Å². The first kappa shape index (κ1) is 12.9. The standard InChI is InChI=1S/C14H15ClN2O/c1-9-3-4-11(7-10(9)2)18-14-6-5-12(15)13(8-16)17-14/h3-7H,8,16H2,1-2H3. The van der Waals surface area contributed by atoms with Crippen LogP contribution < -0.4 is 10.5 Å². The van der Waals surface area contributed by atoms with E-state index < -0.39 is 0 Å². The monoisotopic (exact) mass is 262 g/mol. The van der Waals surface area contributed by atoms with Crippen LogP contribution >= 0.6 is 11.6 Å². The Kier molecular flexibility index (Phi) is 3.84. The molecule has 0 unspecified atom stereocenters. The quantitative estimate of drug-likeness (QED) is 0.919. The second kappa shape index (κ2) is 5.38. The predicted molar refractivity (Wildman–Crippen MR) is 73.1 cm³/mol. The first-order chi connectivity index (χ1) is 8.60. The molecular formula is C14H15ClN2O. The zero-order chi connectivity index (χ0) is 13.1. The van der Waals surface area contributed by atoms with Crippen molar-refractivity contribution in [2.24, 2.45) is 5.73 Å². The topological polar surface area (TPSA) is 48.1 Å². The van der Waals surface area contributed by atoms with Gasteiger partial charge in [-0.15, -0.1) is 0 Å². The molecule has 4 heteroatoms. The molecule has 0 saturated heterocycles. The maximum absolute atomic E-state index is 5.95. The molecule has 0 aliphatic heterocycles. The lowest BCUT2D eigenvalue weighted by Crippen LogP contribution is -2.01. The van der Waals surface area contributed by atoms with Crippen molar-refractivity contribution < 1.29 is 4.74 Å². The number of hydrogen-bond donors (Lipinski definition) is 1. The maximum Gasteiger partial charge on any atom is 0.219 e. The number of aromatic nitrogens is 1. The molecule has 0 saturated carbocycles. The number of aryl methyl sites for hydroxylation is 2. The highest BCUT2D eigenvalue weighted by atomic mass is 35.5. The van der Waals surface area contributed by atoms with Crippen LogP contribution in [0.15, 0.2) is 30.3 Å². The summed E-state index contributed by atoms with van der Waals surface area (Å²) in [5.41, 5.74) is 8.60. The van der Waals surface area contributed by atoms with E-state index in [1.54, 1.807) is 12.1 Å². The highest BCUT2D eigenvalue weighted by molar-refractivity contribution is 6.31. The third-order valence-corrected chi connectivity index (χ3v) is 3.13. The lowest BCUT2D eigenvalue weighted by Gasteiger charge is -2.08. The molecule has 18 heavy (non-hydrogen) atoms. The number of halogens is 1. The first-order valence-corrected chi connectivity index (χ1v) is 6.08. The smallest absolute Gasteiger partial charge is 0.219 e. The molecule has 0 amide bonds. The van der Waals surface area contributed by atoms with E-state index >= 15 is 0 Å². The van der Waals surface area contributed by atoms with Gasteiger partial charge in [-0.3, -0.25) is 0 Å². The molecule has 0 atom stereocenters. The minimum Gasteiger partial charge on any atom is -0.439 e. The van der Waals surface area contributed by atoms with Crippen LogP contribution in [0.1, 0.15) is 16.8 Å². The number of hydrogen-bond acceptors (Lipinski definition) is 3. The largest absolute Gasteiger partial charge is 0.439 e. The van der Waals surface area contributed by atoms with Crippen molar-refractivity contribution in [3.63, 3.8) is 0 Å². The SMILES string of the molecule is Cc1ccc(Oc2ccc(Cl)c(CN)n2)cc1C. The highest BCUT2D eigenvalue weighted by Crippen LogP contribution is 2.24. The summed E-state index contributed by atoms with van der Waals surface area (Å²) >= 11 is 5.95. The number of nitrogens with two attached hydrogens (primary N) is 1. The van der Waals surface area contributed by atoms with Gasteiger partial charge in [-0.25, -0.2) is 4.98 Å². The van der Waals surface area contributed by atoms with E-state index in [2.05, 4.69) is 11.9 Å². The Hall–Kier alpha value is -1.58. The van der Waals surface area contributed by atoms with Crippen molar-refractivity contribution >= 4 is 11.6 Å². The van der Waals surface area contributed by atoms with Gasteiger partial charge in [0.15, 0.2) is 0 Å². The van der Waals surface area contributed by atoms with Crippen LogP contribution in [0, 0.1) is 13.8 Å². The minimum absolute atomic E-state index is 0.295. The molecule has 94 valence electrons. The molecular weight excluding hydrogens is 248 g/mol. The zero-order valence-corrected chi connectivity index (χ0v) is 11.2. The Bertz CT molecular complexity index is 570. The summed E-state index contributed by atoms with van der Waals surface area (Å²) in [7, 11) is 0. The second-order valence-corrected chi connectivity index (χ2v) is 4.54. The van der Waals surface area contributed by atoms with Gasteiger partial charge >= 0.3 is 0 Å². The summed E-state index contributed by atoms with van der Waals surface area (Å²) in [5.74, 6) is 1.26. The fourth-order valence-corrected chi connectivity index (χ4v) is 1.74. The molecule has 0 fully saturated rings. The molecule has 1 aromatic heterocycles. The van der Waals surface area contributed by atoms with Gasteiger partial charge in [-0.2, -0.15) is 0 Å². The van der Waals surface area contributed by atoms with Crippen LogP contribution in [-0.2, 0) is 6.54 Å². The normalized spacial score (nSPS) is 10.4. The summed E-state index contributed by atoms with van der Waals surface area (Å²) in [4.78, 5) is 4.26. The van der Waals surface area contributed by atoms with Crippen LogP contribution in [0.5, 0.6) is 11.6 Å². The molecule has 1 heterocycles. The number of nitrogens with zero attached hydrogens (tertiary/aromatic N) is 1. The predicted octanol–water partition coefficient (Wildman–Crippen LogP) is 3.60. The Morgan fingerprint density at radius 3 is 2.61 bits per heavy atom. The van der Waals surface area contributed by atoms with Crippen molar-refractivity contribution in [2.45, 2.75) is 20.4 Å². The van der Waals surface area contributed by atoms with Gasteiger partial charge in [-0.1, -0.05) is 17.7 Å². The third kappa shape index (κ3) is 2.81. The van der Waals surface area contributed by atoms with Crippen LogP contribution in [-0.4, -0.2) is 4.98 Å². The van der Waals surface area contributed by atoms with E-state index in [9.17, 15) is 0 Å². The minimum atomic E-state index is 0.295. The average Bonchev–Trinajstić information content (AvgIpc) is 2.36. The fraction of sp³-hybridized carbons (Fsp3) is 0.214. The Morgan fingerprint density at radius 1 is 1.17 bits per heavy atom. The zero-order valence-electron chi connectivity index (χ0n) is 10.4. The van der Waals surface area contributed by atoms with E-state index in [1.807, 2.05) is 25.1 Å². The molecule has 0 aliphatic carbocycles. The number of pyridine rings is 1. The van der Waals surface area contributed by atoms with E-state index in [0.717, 1.165) is 5.75 Å². The summed E-state index contributed by atoms with van der Waals surface area (Å²) in [6.07, 6.45) is 0. The van der Waals surface area contributed by atoms with Crippen molar-refractivity contribution in [1.82, 2.24) is 4.98 Å². The van der Waals surface area contributed by atoms with Crippen LogP contribution in [0.4, 0.5) is 0 Å². The summed E-state index contributed by atoms with van der Waals surface area (Å²) < 4.78 is 5.69. The van der Waals surface area contributed by atoms with E-state index in [-0.39, 0.29) is 0 Å². The Morgan fingerprint density at radius 2 is 1.94 bits per heavy atom. The Labute approximate surface area is 112 Å². The van der Waals surface area contributed by atoms with Gasteiger partial charge < -0.3 is 10.5 Å². The lowest BCUT2D eigenvalue weighted by molar-refractivity contribution is 0.460. The molecule has 0 spiro atoms. The van der Waals surface area contributed by atoms with Gasteiger partial charge in [0.2, 0.25) is 5.88 Å². The molecule has 0 bridgehead atoms. The van der Waals surface area contributed by atoms with Crippen LogP contribution in [0.3, 0.4) is 0 Å². The molecule has 3 nitrogen and oxygen atoms in total. The van der Waals surface area contributed by atoms with Crippen molar-refractivity contribution in [3.05, 3.63) is 52.2 Å². The van der Waals surface area contributed by atoms with E-state index in [4.69, 9.17) is 22.1 Å². The van der Waals surface area contributed by atoms with Gasteiger partial charge in [0.25, 0.3) is 0 Å². The van der Waals surface area contributed by atoms with Gasteiger partial charge in [0.1, 0.15) is 5.75 Å². The van der Waals surface area contributed by atoms with Crippen molar-refractivity contribution in [2.75, 3.05) is 0 Å². The van der Waals surface area contributed by atoms with Gasteiger partial charge in [0, 0.05) is 12.6 Å². The second-order valence-electron chi connectivity index (χ2n) is 4.13. The molecule has 0 aliphatic rings. The third-order valence-electron chi connectivity index (χ3n) is 2.79. The van der Waals surface area contributed by atoms with Crippen molar-refractivity contribution in [1.29, 1.82) is 0 Å². The van der Waals surface area contributed by atoms with E-state index in [1.165, 1.54) is 11.1 Å².